The molecule has 3 aliphatic rings. The molecule has 0 aromatic heterocycles. The minimum atomic E-state index is -1.13. The Hall–Kier alpha value is -1.67. The Bertz CT molecular complexity index is 647. The maximum atomic E-state index is 12.1. The van der Waals surface area contributed by atoms with Crippen LogP contribution in [-0.4, -0.2) is 52.6 Å². The predicted molar refractivity (Wildman–Crippen MR) is 95.7 cm³/mol. The number of hydrogen-bond donors (Lipinski definition) is 3. The van der Waals surface area contributed by atoms with Gasteiger partial charge in [0.25, 0.3) is 0 Å². The van der Waals surface area contributed by atoms with E-state index in [9.17, 15) is 15.0 Å². The predicted octanol–water partition coefficient (Wildman–Crippen LogP) is 1.85. The molecule has 2 saturated carbocycles. The van der Waals surface area contributed by atoms with E-state index in [0.717, 1.165) is 37.7 Å². The molecule has 3 fully saturated rings. The number of fused-ring (bicyclic) bond motifs is 1. The summed E-state index contributed by atoms with van der Waals surface area (Å²) in [4.78, 5) is 12.1. The van der Waals surface area contributed by atoms with Crippen molar-refractivity contribution >= 4 is 6.09 Å². The van der Waals surface area contributed by atoms with Crippen LogP contribution in [0, 0.1) is 0 Å². The van der Waals surface area contributed by atoms with Gasteiger partial charge in [0.1, 0.15) is 24.9 Å². The normalized spacial score (nSPS) is 34.8. The first-order valence-electron chi connectivity index (χ1n) is 9.75. The Morgan fingerprint density at radius 1 is 1.11 bits per heavy atom. The van der Waals surface area contributed by atoms with Crippen molar-refractivity contribution in [2.24, 2.45) is 0 Å². The molecule has 2 unspecified atom stereocenters. The molecule has 3 N–H and O–H groups in total. The fraction of sp³-hybridized carbons (Fsp3) is 0.650. The monoisotopic (exact) mass is 377 g/mol. The third kappa shape index (κ3) is 3.96. The molecule has 0 bridgehead atoms. The molecule has 1 amide bonds. The molecule has 27 heavy (non-hydrogen) atoms. The van der Waals surface area contributed by atoms with Gasteiger partial charge in [-0.2, -0.15) is 0 Å². The van der Waals surface area contributed by atoms with Crippen molar-refractivity contribution in [1.82, 2.24) is 5.32 Å². The van der Waals surface area contributed by atoms with Crippen LogP contribution in [0.15, 0.2) is 30.3 Å². The highest BCUT2D eigenvalue weighted by atomic mass is 16.8. The van der Waals surface area contributed by atoms with E-state index in [1.165, 1.54) is 0 Å². The maximum absolute atomic E-state index is 12.1. The van der Waals surface area contributed by atoms with Crippen LogP contribution < -0.4 is 5.32 Å². The van der Waals surface area contributed by atoms with E-state index in [1.54, 1.807) is 0 Å². The van der Waals surface area contributed by atoms with Crippen LogP contribution in [0.5, 0.6) is 0 Å². The van der Waals surface area contributed by atoms with Gasteiger partial charge in [0.2, 0.25) is 0 Å². The van der Waals surface area contributed by atoms with Crippen molar-refractivity contribution in [2.75, 3.05) is 0 Å². The van der Waals surface area contributed by atoms with Gasteiger partial charge in [-0.3, -0.25) is 0 Å². The zero-order chi connectivity index (χ0) is 18.9. The van der Waals surface area contributed by atoms with E-state index >= 15 is 0 Å². The highest BCUT2D eigenvalue weighted by Gasteiger charge is 2.56. The van der Waals surface area contributed by atoms with Crippen molar-refractivity contribution < 1.29 is 29.2 Å². The van der Waals surface area contributed by atoms with Crippen LogP contribution in [0.1, 0.15) is 44.1 Å². The van der Waals surface area contributed by atoms with E-state index in [4.69, 9.17) is 14.2 Å². The van der Waals surface area contributed by atoms with Gasteiger partial charge in [-0.1, -0.05) is 36.8 Å². The van der Waals surface area contributed by atoms with Crippen molar-refractivity contribution in [3.63, 3.8) is 0 Å². The van der Waals surface area contributed by atoms with Crippen LogP contribution in [0.4, 0.5) is 4.79 Å². The van der Waals surface area contributed by atoms with Gasteiger partial charge < -0.3 is 29.7 Å². The summed E-state index contributed by atoms with van der Waals surface area (Å²) in [7, 11) is 0. The van der Waals surface area contributed by atoms with Gasteiger partial charge in [-0.05, 0) is 24.8 Å². The lowest BCUT2D eigenvalue weighted by atomic mass is 9.86. The van der Waals surface area contributed by atoms with Gasteiger partial charge in [-0.15, -0.1) is 0 Å². The Morgan fingerprint density at radius 2 is 1.85 bits per heavy atom. The summed E-state index contributed by atoms with van der Waals surface area (Å²) < 4.78 is 17.4. The lowest BCUT2D eigenvalue weighted by molar-refractivity contribution is -0.201. The van der Waals surface area contributed by atoms with Crippen LogP contribution >= 0.6 is 0 Å². The molecule has 5 atom stereocenters. The molecule has 1 heterocycles. The summed E-state index contributed by atoms with van der Waals surface area (Å²) in [5.41, 5.74) is 0.878. The number of aliphatic hydroxyl groups is 2. The number of aliphatic hydroxyl groups excluding tert-OH is 2. The first-order chi connectivity index (χ1) is 13.1. The van der Waals surface area contributed by atoms with E-state index < -0.39 is 36.2 Å². The van der Waals surface area contributed by atoms with Crippen LogP contribution in [0.25, 0.3) is 0 Å². The van der Waals surface area contributed by atoms with Gasteiger partial charge in [0, 0.05) is 12.8 Å². The zero-order valence-corrected chi connectivity index (χ0v) is 15.3. The summed E-state index contributed by atoms with van der Waals surface area (Å²) in [6, 6.07) is 8.72. The average Bonchev–Trinajstić information content (AvgIpc) is 3.03. The van der Waals surface area contributed by atoms with Crippen LogP contribution in [0.2, 0.25) is 0 Å². The standard InChI is InChI=1S/C20H27NO6/c22-16-14(21-19(24)25-12-13-7-3-1-4-8-13)11-15-18(17(16)23)27-20(26-15)9-5-2-6-10-20/h1,3-4,7-8,14-18,22-23H,2,5-6,9-12H2,(H,21,24)/t14-,15+,16?,17?,18+/m0/s1. The smallest absolute Gasteiger partial charge is 0.407 e. The van der Waals surface area contributed by atoms with Crippen molar-refractivity contribution in [3.05, 3.63) is 35.9 Å². The fourth-order valence-electron chi connectivity index (χ4n) is 4.38. The number of rotatable bonds is 3. The highest BCUT2D eigenvalue weighted by molar-refractivity contribution is 5.67. The van der Waals surface area contributed by atoms with E-state index in [-0.39, 0.29) is 12.7 Å². The van der Waals surface area contributed by atoms with Crippen molar-refractivity contribution in [3.8, 4) is 0 Å². The SMILES string of the molecule is O=C(N[C@H]1C[C@H]2OC3(CCCCC3)O[C@H]2C(O)C1O)OCc1ccccc1. The second-order valence-electron chi connectivity index (χ2n) is 7.74. The molecular formula is C20H27NO6. The Kier molecular flexibility index (Phi) is 5.36. The summed E-state index contributed by atoms with van der Waals surface area (Å²) in [6.45, 7) is 0.146. The molecule has 1 aromatic rings. The molecule has 4 rings (SSSR count). The molecule has 1 aromatic carbocycles. The number of alkyl carbamates (subject to hydrolysis) is 1. The molecule has 7 heteroatoms. The second kappa shape index (κ2) is 7.75. The summed E-state index contributed by atoms with van der Waals surface area (Å²) >= 11 is 0. The largest absolute Gasteiger partial charge is 0.445 e. The lowest BCUT2D eigenvalue weighted by Crippen LogP contribution is -2.60. The Morgan fingerprint density at radius 3 is 2.59 bits per heavy atom. The van der Waals surface area contributed by atoms with Crippen molar-refractivity contribution in [2.45, 2.75) is 81.4 Å². The van der Waals surface area contributed by atoms with E-state index in [0.29, 0.717) is 6.42 Å². The van der Waals surface area contributed by atoms with E-state index in [1.807, 2.05) is 30.3 Å². The van der Waals surface area contributed by atoms with Gasteiger partial charge in [-0.25, -0.2) is 4.79 Å². The number of carbonyl (C=O) groups excluding carboxylic acids is 1. The molecule has 0 radical (unpaired) electrons. The number of carbonyl (C=O) groups is 1. The molecule has 1 aliphatic heterocycles. The number of nitrogens with one attached hydrogen (secondary N) is 1. The zero-order valence-electron chi connectivity index (χ0n) is 15.3. The summed E-state index contributed by atoms with van der Waals surface area (Å²) in [5, 5.41) is 23.6. The summed E-state index contributed by atoms with van der Waals surface area (Å²) in [6.07, 6.45) is 1.45. The summed E-state index contributed by atoms with van der Waals surface area (Å²) in [5.74, 6) is -0.642. The minimum Gasteiger partial charge on any atom is -0.445 e. The Labute approximate surface area is 158 Å². The van der Waals surface area contributed by atoms with Crippen LogP contribution in [-0.2, 0) is 20.8 Å². The molecule has 2 aliphatic carbocycles. The van der Waals surface area contributed by atoms with Gasteiger partial charge in [0.05, 0.1) is 12.1 Å². The highest BCUT2D eigenvalue weighted by Crippen LogP contribution is 2.44. The lowest BCUT2D eigenvalue weighted by Gasteiger charge is -2.37. The Balaban J connectivity index is 1.34. The van der Waals surface area contributed by atoms with Gasteiger partial charge >= 0.3 is 6.09 Å². The number of hydrogen-bond acceptors (Lipinski definition) is 6. The molecule has 148 valence electrons. The van der Waals surface area contributed by atoms with E-state index in [2.05, 4.69) is 5.32 Å². The second-order valence-corrected chi connectivity index (χ2v) is 7.74. The quantitative estimate of drug-likeness (QED) is 0.744. The third-order valence-corrected chi connectivity index (χ3v) is 5.80. The molecular weight excluding hydrogens is 350 g/mol. The average molecular weight is 377 g/mol. The van der Waals surface area contributed by atoms with Gasteiger partial charge in [0.15, 0.2) is 5.79 Å². The first-order valence-corrected chi connectivity index (χ1v) is 9.75. The number of amides is 1. The number of benzene rings is 1. The van der Waals surface area contributed by atoms with Crippen molar-refractivity contribution in [1.29, 1.82) is 0 Å². The van der Waals surface area contributed by atoms with Crippen LogP contribution in [0.3, 0.4) is 0 Å². The number of ether oxygens (including phenoxy) is 3. The third-order valence-electron chi connectivity index (χ3n) is 5.80. The first kappa shape index (κ1) is 18.7. The molecule has 1 spiro atoms. The topological polar surface area (TPSA) is 97.3 Å². The maximum Gasteiger partial charge on any atom is 0.407 e. The molecule has 1 saturated heterocycles. The minimum absolute atomic E-state index is 0.146. The molecule has 7 nitrogen and oxygen atoms in total. The fourth-order valence-corrected chi connectivity index (χ4v) is 4.38.